The third-order valence-electron chi connectivity index (χ3n) is 2.54. The third kappa shape index (κ3) is 3.34. The molecule has 1 aromatic carbocycles. The van der Waals surface area contributed by atoms with E-state index in [2.05, 4.69) is 26.1 Å². The number of halogens is 2. The molecule has 0 amide bonds. The molecule has 1 heterocycles. The van der Waals surface area contributed by atoms with Crippen LogP contribution in [0.25, 0.3) is 11.4 Å². The molecule has 0 unspecified atom stereocenters. The molecule has 0 aliphatic rings. The van der Waals surface area contributed by atoms with Crippen molar-refractivity contribution in [2.24, 2.45) is 0 Å². The Labute approximate surface area is 133 Å². The number of nitrogens with zero attached hydrogens (tertiary/aromatic N) is 3. The van der Waals surface area contributed by atoms with Crippen LogP contribution in [0.1, 0.15) is 6.92 Å². The van der Waals surface area contributed by atoms with E-state index in [1.54, 1.807) is 6.07 Å². The molecule has 0 radical (unpaired) electrons. The van der Waals surface area contributed by atoms with E-state index in [4.69, 9.17) is 16.7 Å². The number of benzene rings is 1. The predicted molar refractivity (Wildman–Crippen MR) is 82.2 cm³/mol. The second-order valence-electron chi connectivity index (χ2n) is 3.86. The van der Waals surface area contributed by atoms with Gasteiger partial charge in [-0.3, -0.25) is 4.79 Å². The lowest BCUT2D eigenvalue weighted by atomic mass is 10.2. The summed E-state index contributed by atoms with van der Waals surface area (Å²) < 4.78 is 2.66. The summed E-state index contributed by atoms with van der Waals surface area (Å²) in [6.07, 6.45) is 0. The van der Waals surface area contributed by atoms with E-state index in [1.807, 2.05) is 23.6 Å². The van der Waals surface area contributed by atoms with Gasteiger partial charge < -0.3 is 9.67 Å². The Kier molecular flexibility index (Phi) is 5.06. The minimum atomic E-state index is -0.878. The molecule has 0 fully saturated rings. The SMILES string of the molecule is CCn1c(SCC(=O)O)nnc1-c1ccc(Cl)c(Br)c1. The molecule has 0 aliphatic heterocycles. The fourth-order valence-corrected chi connectivity index (χ4v) is 2.87. The summed E-state index contributed by atoms with van der Waals surface area (Å²) in [5.74, 6) is -0.225. The van der Waals surface area contributed by atoms with Gasteiger partial charge in [0.1, 0.15) is 0 Å². The lowest BCUT2D eigenvalue weighted by molar-refractivity contribution is -0.133. The van der Waals surface area contributed by atoms with Crippen LogP contribution in [0.5, 0.6) is 0 Å². The second kappa shape index (κ2) is 6.60. The third-order valence-corrected chi connectivity index (χ3v) is 4.70. The number of rotatable bonds is 5. The molecule has 0 atom stereocenters. The summed E-state index contributed by atoms with van der Waals surface area (Å²) >= 11 is 10.5. The summed E-state index contributed by atoms with van der Waals surface area (Å²) in [6, 6.07) is 5.50. The van der Waals surface area contributed by atoms with Gasteiger partial charge in [0.2, 0.25) is 0 Å². The first-order valence-electron chi connectivity index (χ1n) is 5.76. The van der Waals surface area contributed by atoms with E-state index in [9.17, 15) is 4.79 Å². The molecule has 2 rings (SSSR count). The first-order chi connectivity index (χ1) is 9.52. The average molecular weight is 377 g/mol. The van der Waals surface area contributed by atoms with Gasteiger partial charge in [0.05, 0.1) is 10.8 Å². The number of hydrogen-bond donors (Lipinski definition) is 1. The van der Waals surface area contributed by atoms with Gasteiger partial charge in [-0.15, -0.1) is 10.2 Å². The molecule has 0 aliphatic carbocycles. The highest BCUT2D eigenvalue weighted by atomic mass is 79.9. The highest BCUT2D eigenvalue weighted by molar-refractivity contribution is 9.10. The molecule has 1 N–H and O–H groups in total. The summed E-state index contributed by atoms with van der Waals surface area (Å²) in [5.41, 5.74) is 0.873. The highest BCUT2D eigenvalue weighted by Crippen LogP contribution is 2.29. The van der Waals surface area contributed by atoms with Crippen molar-refractivity contribution in [1.29, 1.82) is 0 Å². The maximum absolute atomic E-state index is 10.6. The molecule has 1 aromatic heterocycles. The number of aliphatic carboxylic acids is 1. The Morgan fingerprint density at radius 2 is 2.25 bits per heavy atom. The highest BCUT2D eigenvalue weighted by Gasteiger charge is 2.14. The fraction of sp³-hybridized carbons (Fsp3) is 0.250. The van der Waals surface area contributed by atoms with Crippen LogP contribution >= 0.6 is 39.3 Å². The topological polar surface area (TPSA) is 68.0 Å². The lowest BCUT2D eigenvalue weighted by Gasteiger charge is -2.07. The van der Waals surface area contributed by atoms with Crippen molar-refractivity contribution in [3.63, 3.8) is 0 Å². The molecule has 5 nitrogen and oxygen atoms in total. The van der Waals surface area contributed by atoms with Crippen LogP contribution in [0.4, 0.5) is 0 Å². The van der Waals surface area contributed by atoms with Gasteiger partial charge in [0, 0.05) is 16.6 Å². The normalized spacial score (nSPS) is 10.8. The van der Waals surface area contributed by atoms with E-state index >= 15 is 0 Å². The molecule has 20 heavy (non-hydrogen) atoms. The van der Waals surface area contributed by atoms with E-state index < -0.39 is 5.97 Å². The van der Waals surface area contributed by atoms with Crippen LogP contribution in [0.2, 0.25) is 5.02 Å². The molecule has 106 valence electrons. The van der Waals surface area contributed by atoms with E-state index in [0.29, 0.717) is 22.5 Å². The molecular formula is C12H11BrClN3O2S. The minimum Gasteiger partial charge on any atom is -0.481 e. The largest absolute Gasteiger partial charge is 0.481 e. The van der Waals surface area contributed by atoms with Crippen molar-refractivity contribution in [2.75, 3.05) is 5.75 Å². The van der Waals surface area contributed by atoms with Gasteiger partial charge in [-0.05, 0) is 41.1 Å². The zero-order valence-corrected chi connectivity index (χ0v) is 13.7. The van der Waals surface area contributed by atoms with Crippen molar-refractivity contribution in [3.8, 4) is 11.4 Å². The number of carbonyl (C=O) groups is 1. The quantitative estimate of drug-likeness (QED) is 0.808. The van der Waals surface area contributed by atoms with Gasteiger partial charge in [-0.25, -0.2) is 0 Å². The molecule has 0 saturated heterocycles. The van der Waals surface area contributed by atoms with Crippen molar-refractivity contribution in [1.82, 2.24) is 14.8 Å². The average Bonchev–Trinajstić information content (AvgIpc) is 2.82. The Balaban J connectivity index is 2.36. The lowest BCUT2D eigenvalue weighted by Crippen LogP contribution is -2.03. The summed E-state index contributed by atoms with van der Waals surface area (Å²) in [4.78, 5) is 10.6. The molecule has 0 spiro atoms. The van der Waals surface area contributed by atoms with Crippen LogP contribution in [-0.4, -0.2) is 31.6 Å². The fourth-order valence-electron chi connectivity index (χ4n) is 1.66. The molecule has 2 aromatic rings. The van der Waals surface area contributed by atoms with E-state index in [-0.39, 0.29) is 5.75 Å². The maximum atomic E-state index is 10.6. The molecule has 8 heteroatoms. The first kappa shape index (κ1) is 15.3. The zero-order valence-electron chi connectivity index (χ0n) is 10.5. The van der Waals surface area contributed by atoms with Crippen molar-refractivity contribution < 1.29 is 9.90 Å². The van der Waals surface area contributed by atoms with Crippen LogP contribution in [-0.2, 0) is 11.3 Å². The van der Waals surface area contributed by atoms with Gasteiger partial charge in [-0.1, -0.05) is 23.4 Å². The first-order valence-corrected chi connectivity index (χ1v) is 7.91. The second-order valence-corrected chi connectivity index (χ2v) is 6.07. The van der Waals surface area contributed by atoms with Gasteiger partial charge in [0.15, 0.2) is 11.0 Å². The minimum absolute atomic E-state index is 0.0392. The molecule has 0 bridgehead atoms. The van der Waals surface area contributed by atoms with Crippen molar-refractivity contribution >= 4 is 45.3 Å². The molecular weight excluding hydrogens is 366 g/mol. The van der Waals surface area contributed by atoms with Crippen LogP contribution in [0, 0.1) is 0 Å². The van der Waals surface area contributed by atoms with E-state index in [1.165, 1.54) is 0 Å². The van der Waals surface area contributed by atoms with Crippen molar-refractivity contribution in [2.45, 2.75) is 18.6 Å². The smallest absolute Gasteiger partial charge is 0.313 e. The number of aromatic nitrogens is 3. The van der Waals surface area contributed by atoms with Gasteiger partial charge >= 0.3 is 5.97 Å². The Bertz CT molecular complexity index is 648. The summed E-state index contributed by atoms with van der Waals surface area (Å²) in [5, 5.41) is 18.1. The summed E-state index contributed by atoms with van der Waals surface area (Å²) in [6.45, 7) is 2.62. The van der Waals surface area contributed by atoms with Gasteiger partial charge in [-0.2, -0.15) is 0 Å². The maximum Gasteiger partial charge on any atom is 0.313 e. The number of hydrogen-bond acceptors (Lipinski definition) is 4. The van der Waals surface area contributed by atoms with Crippen molar-refractivity contribution in [3.05, 3.63) is 27.7 Å². The predicted octanol–water partition coefficient (Wildman–Crippen LogP) is 3.56. The van der Waals surface area contributed by atoms with E-state index in [0.717, 1.165) is 21.8 Å². The summed E-state index contributed by atoms with van der Waals surface area (Å²) in [7, 11) is 0. The van der Waals surface area contributed by atoms with Gasteiger partial charge in [0.25, 0.3) is 0 Å². The van der Waals surface area contributed by atoms with Crippen LogP contribution < -0.4 is 0 Å². The monoisotopic (exact) mass is 375 g/mol. The molecule has 0 saturated carbocycles. The van der Waals surface area contributed by atoms with Crippen LogP contribution in [0.3, 0.4) is 0 Å². The number of carboxylic acids is 1. The Morgan fingerprint density at radius 1 is 1.50 bits per heavy atom. The standard InChI is InChI=1S/C12H11BrClN3O2S/c1-2-17-11(7-3-4-9(14)8(13)5-7)15-16-12(17)20-6-10(18)19/h3-5H,2,6H2,1H3,(H,18,19). The number of carboxylic acid groups (broad SMARTS) is 1. The number of thioether (sulfide) groups is 1. The zero-order chi connectivity index (χ0) is 14.7. The Morgan fingerprint density at radius 3 is 2.85 bits per heavy atom. The Hall–Kier alpha value is -1.05. The van der Waals surface area contributed by atoms with Crippen LogP contribution in [0.15, 0.2) is 27.8 Å².